The number of carbonyl (C=O) groups excluding carboxylic acids is 2. The number of hydrogen-bond acceptors (Lipinski definition) is 5. The highest BCUT2D eigenvalue weighted by molar-refractivity contribution is 5.95. The van der Waals surface area contributed by atoms with Crippen LogP contribution in [0.5, 0.6) is 5.75 Å². The summed E-state index contributed by atoms with van der Waals surface area (Å²) < 4.78 is 10.6. The third-order valence-electron chi connectivity index (χ3n) is 5.40. The molecule has 0 bridgehead atoms. The molecule has 0 unspecified atom stereocenters. The summed E-state index contributed by atoms with van der Waals surface area (Å²) in [7, 11) is 1.55. The lowest BCUT2D eigenvalue weighted by Crippen LogP contribution is -2.19. The summed E-state index contributed by atoms with van der Waals surface area (Å²) in [5, 5.41) is 6.51. The van der Waals surface area contributed by atoms with Gasteiger partial charge in [-0.1, -0.05) is 19.9 Å². The van der Waals surface area contributed by atoms with Crippen LogP contribution in [0.4, 0.5) is 11.4 Å². The minimum absolute atomic E-state index is 0.0951. The van der Waals surface area contributed by atoms with Crippen molar-refractivity contribution in [3.8, 4) is 5.75 Å². The lowest BCUT2D eigenvalue weighted by atomic mass is 10.0. The van der Waals surface area contributed by atoms with Crippen LogP contribution in [0.3, 0.4) is 0 Å². The number of methoxy groups -OCH3 is 1. The summed E-state index contributed by atoms with van der Waals surface area (Å²) >= 11 is 0. The summed E-state index contributed by atoms with van der Waals surface area (Å²) in [6.45, 7) is 7.35. The number of fused-ring (bicyclic) bond motifs is 1. The maximum absolute atomic E-state index is 12.6. The largest absolute Gasteiger partial charge is 0.497 e. The van der Waals surface area contributed by atoms with Crippen molar-refractivity contribution in [2.45, 2.75) is 40.5 Å². The van der Waals surface area contributed by atoms with Gasteiger partial charge in [-0.2, -0.15) is 0 Å². The molecule has 32 heavy (non-hydrogen) atoms. The van der Waals surface area contributed by atoms with Gasteiger partial charge in [-0.25, -0.2) is 4.79 Å². The number of benzene rings is 2. The zero-order valence-electron chi connectivity index (χ0n) is 19.0. The monoisotopic (exact) mass is 436 g/mol. The zero-order chi connectivity index (χ0) is 23.4. The molecule has 0 radical (unpaired) electrons. The lowest BCUT2D eigenvalue weighted by Gasteiger charge is -2.13. The quantitative estimate of drug-likeness (QED) is 0.528. The number of hydrogen-bond donors (Lipinski definition) is 2. The van der Waals surface area contributed by atoms with Gasteiger partial charge in [0.1, 0.15) is 11.3 Å². The van der Waals surface area contributed by atoms with Gasteiger partial charge in [-0.05, 0) is 55.7 Å². The normalized spacial score (nSPS) is 10.9. The topological polar surface area (TPSA) is 97.6 Å². The van der Waals surface area contributed by atoms with Crippen LogP contribution in [0.15, 0.2) is 45.6 Å². The molecule has 0 atom stereocenters. The van der Waals surface area contributed by atoms with Gasteiger partial charge >= 0.3 is 5.63 Å². The second kappa shape index (κ2) is 9.68. The third kappa shape index (κ3) is 5.17. The van der Waals surface area contributed by atoms with Gasteiger partial charge in [0, 0.05) is 40.7 Å². The molecule has 0 aliphatic rings. The van der Waals surface area contributed by atoms with Crippen LogP contribution in [0.1, 0.15) is 37.0 Å². The first-order chi connectivity index (χ1) is 15.2. The van der Waals surface area contributed by atoms with Crippen molar-refractivity contribution in [2.24, 2.45) is 5.92 Å². The smallest absolute Gasteiger partial charge is 0.339 e. The van der Waals surface area contributed by atoms with Crippen LogP contribution in [-0.4, -0.2) is 18.9 Å². The summed E-state index contributed by atoms with van der Waals surface area (Å²) in [5.41, 5.74) is 3.38. The van der Waals surface area contributed by atoms with Crippen LogP contribution in [0, 0.1) is 19.8 Å². The molecule has 1 aromatic heterocycles. The first kappa shape index (κ1) is 23.1. The third-order valence-corrected chi connectivity index (χ3v) is 5.40. The predicted molar refractivity (Wildman–Crippen MR) is 125 cm³/mol. The molecule has 3 aromatic rings. The second-order valence-electron chi connectivity index (χ2n) is 8.08. The van der Waals surface area contributed by atoms with Crippen molar-refractivity contribution in [1.29, 1.82) is 0 Å². The molecule has 0 saturated heterocycles. The Morgan fingerprint density at radius 3 is 2.50 bits per heavy atom. The lowest BCUT2D eigenvalue weighted by molar-refractivity contribution is -0.119. The number of rotatable bonds is 7. The molecule has 2 amide bonds. The Morgan fingerprint density at radius 1 is 1.06 bits per heavy atom. The molecule has 0 aliphatic heterocycles. The van der Waals surface area contributed by atoms with Crippen LogP contribution >= 0.6 is 0 Å². The van der Waals surface area contributed by atoms with E-state index < -0.39 is 5.63 Å². The number of ether oxygens (including phenoxy) is 1. The Hall–Kier alpha value is -3.61. The highest BCUT2D eigenvalue weighted by Crippen LogP contribution is 2.25. The minimum Gasteiger partial charge on any atom is -0.497 e. The molecule has 0 spiro atoms. The van der Waals surface area contributed by atoms with Crippen molar-refractivity contribution in [3.05, 3.63) is 63.5 Å². The predicted octanol–water partition coefficient (Wildman–Crippen LogP) is 4.58. The van der Waals surface area contributed by atoms with E-state index >= 15 is 0 Å². The molecule has 0 fully saturated rings. The maximum Gasteiger partial charge on any atom is 0.339 e. The summed E-state index contributed by atoms with van der Waals surface area (Å²) in [4.78, 5) is 37.0. The van der Waals surface area contributed by atoms with Crippen molar-refractivity contribution >= 4 is 34.2 Å². The van der Waals surface area contributed by atoms with Gasteiger partial charge in [0.15, 0.2) is 0 Å². The van der Waals surface area contributed by atoms with E-state index in [-0.39, 0.29) is 30.6 Å². The molecular formula is C25H28N2O5. The van der Waals surface area contributed by atoms with Crippen LogP contribution < -0.4 is 21.0 Å². The average Bonchev–Trinajstić information content (AvgIpc) is 2.75. The summed E-state index contributed by atoms with van der Waals surface area (Å²) in [6, 6.07) is 10.7. The van der Waals surface area contributed by atoms with E-state index in [2.05, 4.69) is 10.6 Å². The number of anilines is 2. The highest BCUT2D eigenvalue weighted by Gasteiger charge is 2.15. The van der Waals surface area contributed by atoms with Gasteiger partial charge in [-0.3, -0.25) is 9.59 Å². The SMILES string of the molecule is COc1ccc2c(C)c(CCC(=O)Nc3cc(NC(=O)C(C)C)ccc3C)c(=O)oc2c1. The Labute approximate surface area is 186 Å². The molecule has 2 N–H and O–H groups in total. The molecule has 2 aromatic carbocycles. The second-order valence-corrected chi connectivity index (χ2v) is 8.08. The van der Waals surface area contributed by atoms with E-state index in [0.717, 1.165) is 16.5 Å². The van der Waals surface area contributed by atoms with Crippen molar-refractivity contribution in [1.82, 2.24) is 0 Å². The van der Waals surface area contributed by atoms with Crippen molar-refractivity contribution in [3.63, 3.8) is 0 Å². The van der Waals surface area contributed by atoms with Gasteiger partial charge in [0.05, 0.1) is 7.11 Å². The fourth-order valence-electron chi connectivity index (χ4n) is 3.36. The Morgan fingerprint density at radius 2 is 1.81 bits per heavy atom. The molecule has 7 heteroatoms. The Bertz CT molecular complexity index is 1230. The molecule has 0 aliphatic carbocycles. The van der Waals surface area contributed by atoms with Gasteiger partial charge in [0.25, 0.3) is 0 Å². The number of nitrogens with one attached hydrogen (secondary N) is 2. The molecular weight excluding hydrogens is 408 g/mol. The van der Waals surface area contributed by atoms with Gasteiger partial charge < -0.3 is 19.8 Å². The standard InChI is InChI=1S/C25H28N2O5/c1-14(2)24(29)26-17-7-6-15(3)21(12-17)27-23(28)11-10-20-16(4)19-9-8-18(31-5)13-22(19)32-25(20)30/h6-9,12-14H,10-11H2,1-5H3,(H,26,29)(H,27,28). The zero-order valence-corrected chi connectivity index (χ0v) is 19.0. The maximum atomic E-state index is 12.6. The number of amides is 2. The summed E-state index contributed by atoms with van der Waals surface area (Å²) in [5.74, 6) is 0.137. The van der Waals surface area contributed by atoms with E-state index in [1.54, 1.807) is 31.4 Å². The first-order valence-corrected chi connectivity index (χ1v) is 10.5. The first-order valence-electron chi connectivity index (χ1n) is 10.5. The van der Waals surface area contributed by atoms with Crippen molar-refractivity contribution < 1.29 is 18.7 Å². The molecule has 1 heterocycles. The van der Waals surface area contributed by atoms with Crippen LogP contribution in [0.25, 0.3) is 11.0 Å². The van der Waals surface area contributed by atoms with E-state index in [1.165, 1.54) is 0 Å². The van der Waals surface area contributed by atoms with Crippen molar-refractivity contribution in [2.75, 3.05) is 17.7 Å². The van der Waals surface area contributed by atoms with E-state index in [4.69, 9.17) is 9.15 Å². The Balaban J connectivity index is 1.73. The van der Waals surface area contributed by atoms with Crippen LogP contribution in [-0.2, 0) is 16.0 Å². The molecule has 7 nitrogen and oxygen atoms in total. The van der Waals surface area contributed by atoms with Gasteiger partial charge in [0.2, 0.25) is 11.8 Å². The molecule has 168 valence electrons. The molecule has 3 rings (SSSR count). The average molecular weight is 437 g/mol. The van der Waals surface area contributed by atoms with E-state index in [9.17, 15) is 14.4 Å². The van der Waals surface area contributed by atoms with E-state index in [0.29, 0.717) is 28.3 Å². The van der Waals surface area contributed by atoms with E-state index in [1.807, 2.05) is 39.8 Å². The molecule has 0 saturated carbocycles. The van der Waals surface area contributed by atoms with Crippen LogP contribution in [0.2, 0.25) is 0 Å². The fraction of sp³-hybridized carbons (Fsp3) is 0.320. The Kier molecular flexibility index (Phi) is 6.98. The van der Waals surface area contributed by atoms with Gasteiger partial charge in [-0.15, -0.1) is 0 Å². The minimum atomic E-state index is -0.453. The number of aryl methyl sites for hydroxylation is 2. The summed E-state index contributed by atoms with van der Waals surface area (Å²) in [6.07, 6.45) is 0.375. The fourth-order valence-corrected chi connectivity index (χ4v) is 3.36. The number of carbonyl (C=O) groups is 2. The highest BCUT2D eigenvalue weighted by atomic mass is 16.5.